The highest BCUT2D eigenvalue weighted by Crippen LogP contribution is 2.44. The molecule has 0 heterocycles. The van der Waals surface area contributed by atoms with E-state index in [1.807, 2.05) is 6.92 Å². The van der Waals surface area contributed by atoms with Crippen LogP contribution < -0.4 is 0 Å². The van der Waals surface area contributed by atoms with Crippen molar-refractivity contribution in [3.05, 3.63) is 0 Å². The van der Waals surface area contributed by atoms with Crippen LogP contribution in [0.3, 0.4) is 0 Å². The summed E-state index contributed by atoms with van der Waals surface area (Å²) in [7, 11) is 0. The van der Waals surface area contributed by atoms with Crippen molar-refractivity contribution in [2.75, 3.05) is 6.61 Å². The van der Waals surface area contributed by atoms with Gasteiger partial charge in [-0.1, -0.05) is 6.92 Å². The lowest BCUT2D eigenvalue weighted by molar-refractivity contribution is -0.0885. The minimum absolute atomic E-state index is 0.0229. The average Bonchev–Trinajstić information content (AvgIpc) is 2.48. The zero-order chi connectivity index (χ0) is 17.0. The lowest BCUT2D eigenvalue weighted by Crippen LogP contribution is -2.46. The van der Waals surface area contributed by atoms with Gasteiger partial charge in [0.15, 0.2) is 6.17 Å². The van der Waals surface area contributed by atoms with Gasteiger partial charge in [0.2, 0.25) is 5.92 Å². The third-order valence-electron chi connectivity index (χ3n) is 5.53. The van der Waals surface area contributed by atoms with Crippen LogP contribution in [0.15, 0.2) is 0 Å². The summed E-state index contributed by atoms with van der Waals surface area (Å²) in [6.45, 7) is 3.38. The first-order valence-electron chi connectivity index (χ1n) is 9.09. The van der Waals surface area contributed by atoms with E-state index < -0.39 is 24.4 Å². The fourth-order valence-electron chi connectivity index (χ4n) is 4.38. The Morgan fingerprint density at radius 3 is 2.17 bits per heavy atom. The minimum Gasteiger partial charge on any atom is -0.375 e. The van der Waals surface area contributed by atoms with E-state index in [9.17, 15) is 17.6 Å². The highest BCUT2D eigenvalue weighted by molar-refractivity contribution is 4.93. The number of hydrogen-bond acceptors (Lipinski definition) is 1. The van der Waals surface area contributed by atoms with Crippen LogP contribution in [0, 0.1) is 17.8 Å². The maximum atomic E-state index is 14.5. The van der Waals surface area contributed by atoms with Crippen molar-refractivity contribution in [2.45, 2.75) is 89.6 Å². The predicted molar refractivity (Wildman–Crippen MR) is 83.2 cm³/mol. The van der Waals surface area contributed by atoms with Gasteiger partial charge in [-0.2, -0.15) is 0 Å². The first-order valence-corrected chi connectivity index (χ1v) is 9.09. The van der Waals surface area contributed by atoms with Gasteiger partial charge >= 0.3 is 0 Å². The number of ether oxygens (including phenoxy) is 1. The molecule has 2 rings (SSSR count). The maximum Gasteiger partial charge on any atom is 0.245 e. The van der Waals surface area contributed by atoms with E-state index in [0.717, 1.165) is 26.2 Å². The van der Waals surface area contributed by atoms with Crippen molar-refractivity contribution in [3.8, 4) is 0 Å². The van der Waals surface area contributed by atoms with Crippen LogP contribution in [-0.2, 0) is 4.74 Å². The van der Waals surface area contributed by atoms with E-state index in [2.05, 4.69) is 0 Å². The average molecular weight is 338 g/mol. The third-order valence-corrected chi connectivity index (χ3v) is 5.53. The van der Waals surface area contributed by atoms with Crippen molar-refractivity contribution in [1.82, 2.24) is 0 Å². The highest BCUT2D eigenvalue weighted by atomic mass is 19.3. The Hall–Kier alpha value is -0.320. The Bertz CT molecular complexity index is 349. The molecular weight excluding hydrogens is 308 g/mol. The molecule has 0 N–H and O–H groups in total. The van der Waals surface area contributed by atoms with Gasteiger partial charge in [-0.25, -0.2) is 17.6 Å². The molecule has 0 aromatic rings. The van der Waals surface area contributed by atoms with Crippen molar-refractivity contribution in [2.24, 2.45) is 17.8 Å². The molecule has 0 amide bonds. The van der Waals surface area contributed by atoms with Gasteiger partial charge in [-0.15, -0.1) is 0 Å². The second kappa shape index (κ2) is 8.17. The van der Waals surface area contributed by atoms with Crippen molar-refractivity contribution < 1.29 is 22.3 Å². The standard InChI is InChI=1S/C18H30F4O/c1-3-10-23-15-9-8-14(16(19)17(15)20)13-6-4-12(5-7-13)11-18(2,21)22/h12-17H,3-11H2,1-2H3. The molecule has 1 nitrogen and oxygen atoms in total. The van der Waals surface area contributed by atoms with Crippen LogP contribution in [0.25, 0.3) is 0 Å². The number of rotatable bonds is 6. The van der Waals surface area contributed by atoms with E-state index in [0.29, 0.717) is 32.3 Å². The van der Waals surface area contributed by atoms with Crippen LogP contribution in [0.5, 0.6) is 0 Å². The second-order valence-electron chi connectivity index (χ2n) is 7.59. The molecule has 0 aromatic carbocycles. The number of hydrogen-bond donors (Lipinski definition) is 0. The molecular formula is C18H30F4O. The SMILES string of the molecule is CCCOC1CCC(C2CCC(CC(C)(F)F)CC2)C(F)C1F. The van der Waals surface area contributed by atoms with Crippen LogP contribution >= 0.6 is 0 Å². The Morgan fingerprint density at radius 1 is 0.957 bits per heavy atom. The smallest absolute Gasteiger partial charge is 0.245 e. The van der Waals surface area contributed by atoms with Gasteiger partial charge in [0.1, 0.15) is 6.17 Å². The van der Waals surface area contributed by atoms with Gasteiger partial charge in [0.25, 0.3) is 0 Å². The Balaban J connectivity index is 1.82. The molecule has 136 valence electrons. The highest BCUT2D eigenvalue weighted by Gasteiger charge is 2.44. The molecule has 2 saturated carbocycles. The zero-order valence-corrected chi connectivity index (χ0v) is 14.2. The molecule has 0 aliphatic heterocycles. The number of alkyl halides is 4. The summed E-state index contributed by atoms with van der Waals surface area (Å²) in [5.74, 6) is -2.74. The lowest BCUT2D eigenvalue weighted by Gasteiger charge is -2.41. The zero-order valence-electron chi connectivity index (χ0n) is 14.2. The number of halogens is 4. The monoisotopic (exact) mass is 338 g/mol. The van der Waals surface area contributed by atoms with Crippen molar-refractivity contribution in [1.29, 1.82) is 0 Å². The van der Waals surface area contributed by atoms with Crippen molar-refractivity contribution >= 4 is 0 Å². The minimum atomic E-state index is -2.63. The molecule has 0 saturated heterocycles. The van der Waals surface area contributed by atoms with E-state index in [1.165, 1.54) is 0 Å². The molecule has 0 spiro atoms. The summed E-state index contributed by atoms with van der Waals surface area (Å²) in [6.07, 6.45) is 1.23. The quantitative estimate of drug-likeness (QED) is 0.563. The van der Waals surface area contributed by atoms with Gasteiger partial charge in [0.05, 0.1) is 6.10 Å². The molecule has 0 bridgehead atoms. The van der Waals surface area contributed by atoms with Crippen LogP contribution in [0.1, 0.15) is 65.2 Å². The maximum absolute atomic E-state index is 14.5. The van der Waals surface area contributed by atoms with E-state index in [4.69, 9.17) is 4.74 Å². The molecule has 0 aromatic heterocycles. The predicted octanol–water partition coefficient (Wildman–Crippen LogP) is 5.72. The molecule has 2 aliphatic rings. The topological polar surface area (TPSA) is 9.23 Å². The second-order valence-corrected chi connectivity index (χ2v) is 7.59. The van der Waals surface area contributed by atoms with E-state index in [-0.39, 0.29) is 24.2 Å². The Kier molecular flexibility index (Phi) is 6.76. The van der Waals surface area contributed by atoms with Gasteiger partial charge in [-0.05, 0) is 69.6 Å². The van der Waals surface area contributed by atoms with Gasteiger partial charge in [0, 0.05) is 13.0 Å². The summed E-state index contributed by atoms with van der Waals surface area (Å²) in [5.41, 5.74) is 0. The third kappa shape index (κ3) is 5.33. The summed E-state index contributed by atoms with van der Waals surface area (Å²) < 4.78 is 60.4. The first-order chi connectivity index (χ1) is 10.8. The fourth-order valence-corrected chi connectivity index (χ4v) is 4.38. The molecule has 0 radical (unpaired) electrons. The van der Waals surface area contributed by atoms with Gasteiger partial charge < -0.3 is 4.74 Å². The fraction of sp³-hybridized carbons (Fsp3) is 1.00. The summed E-state index contributed by atoms with van der Waals surface area (Å²) in [4.78, 5) is 0. The first kappa shape index (κ1) is 19.0. The van der Waals surface area contributed by atoms with E-state index >= 15 is 0 Å². The summed E-state index contributed by atoms with van der Waals surface area (Å²) in [5, 5.41) is 0. The molecule has 4 unspecified atom stereocenters. The molecule has 4 atom stereocenters. The van der Waals surface area contributed by atoms with E-state index in [1.54, 1.807) is 0 Å². The summed E-state index contributed by atoms with van der Waals surface area (Å²) >= 11 is 0. The van der Waals surface area contributed by atoms with Crippen LogP contribution in [0.2, 0.25) is 0 Å². The Labute approximate surface area is 137 Å². The molecule has 2 fully saturated rings. The molecule has 5 heteroatoms. The van der Waals surface area contributed by atoms with Crippen molar-refractivity contribution in [3.63, 3.8) is 0 Å². The van der Waals surface area contributed by atoms with Crippen LogP contribution in [-0.4, -0.2) is 31.0 Å². The van der Waals surface area contributed by atoms with Gasteiger partial charge in [-0.3, -0.25) is 0 Å². The lowest BCUT2D eigenvalue weighted by atomic mass is 9.68. The summed E-state index contributed by atoms with van der Waals surface area (Å²) in [6, 6.07) is 0. The largest absolute Gasteiger partial charge is 0.375 e. The van der Waals surface area contributed by atoms with Crippen LogP contribution in [0.4, 0.5) is 17.6 Å². The molecule has 2 aliphatic carbocycles. The Morgan fingerprint density at radius 2 is 1.61 bits per heavy atom. The molecule has 23 heavy (non-hydrogen) atoms. The normalized spacial score (nSPS) is 39.4.